The second-order valence-corrected chi connectivity index (χ2v) is 5.76. The van der Waals surface area contributed by atoms with E-state index < -0.39 is 12.1 Å². The number of anilines is 1. The first-order valence-corrected chi connectivity index (χ1v) is 7.37. The van der Waals surface area contributed by atoms with Gasteiger partial charge in [-0.2, -0.15) is 0 Å². The minimum absolute atomic E-state index is 0.0384. The predicted octanol–water partition coefficient (Wildman–Crippen LogP) is 2.09. The van der Waals surface area contributed by atoms with Crippen LogP contribution in [-0.4, -0.2) is 36.2 Å². The van der Waals surface area contributed by atoms with Gasteiger partial charge >= 0.3 is 5.97 Å². The summed E-state index contributed by atoms with van der Waals surface area (Å²) in [6.45, 7) is 3.27. The Kier molecular flexibility index (Phi) is 3.68. The first-order valence-electron chi connectivity index (χ1n) is 7.37. The number of carboxylic acid groups (broad SMARTS) is 1. The number of amides is 1. The third kappa shape index (κ3) is 2.42. The summed E-state index contributed by atoms with van der Waals surface area (Å²) in [6, 6.07) is 5.13. The molecule has 0 bridgehead atoms. The van der Waals surface area contributed by atoms with Crippen molar-refractivity contribution in [3.63, 3.8) is 0 Å². The molecule has 5 heteroatoms. The quantitative estimate of drug-likeness (QED) is 0.905. The molecule has 2 heterocycles. The van der Waals surface area contributed by atoms with E-state index in [0.717, 1.165) is 24.1 Å². The lowest BCUT2D eigenvalue weighted by molar-refractivity contribution is -0.128. The molecule has 1 N–H and O–H groups in total. The van der Waals surface area contributed by atoms with Crippen molar-refractivity contribution in [2.75, 3.05) is 18.1 Å². The maximum absolute atomic E-state index is 12.7. The van der Waals surface area contributed by atoms with Crippen molar-refractivity contribution in [3.05, 3.63) is 29.3 Å². The van der Waals surface area contributed by atoms with E-state index in [0.29, 0.717) is 25.1 Å². The third-order valence-electron chi connectivity index (χ3n) is 4.38. The van der Waals surface area contributed by atoms with Crippen LogP contribution >= 0.6 is 0 Å². The highest BCUT2D eigenvalue weighted by Gasteiger charge is 2.36. The summed E-state index contributed by atoms with van der Waals surface area (Å²) in [5, 5.41) is 9.29. The summed E-state index contributed by atoms with van der Waals surface area (Å²) < 4.78 is 5.57. The van der Waals surface area contributed by atoms with Gasteiger partial charge < -0.3 is 14.7 Å². The van der Waals surface area contributed by atoms with Gasteiger partial charge in [0.05, 0.1) is 5.56 Å². The second kappa shape index (κ2) is 5.48. The normalized spacial score (nSPS) is 24.7. The molecule has 1 fully saturated rings. The zero-order valence-corrected chi connectivity index (χ0v) is 12.0. The summed E-state index contributed by atoms with van der Waals surface area (Å²) in [4.78, 5) is 25.7. The average Bonchev–Trinajstić information content (AvgIpc) is 2.91. The largest absolute Gasteiger partial charge is 0.478 e. The number of benzene rings is 1. The topological polar surface area (TPSA) is 66.8 Å². The van der Waals surface area contributed by atoms with Gasteiger partial charge in [-0.15, -0.1) is 0 Å². The van der Waals surface area contributed by atoms with Crippen molar-refractivity contribution < 1.29 is 19.4 Å². The van der Waals surface area contributed by atoms with Gasteiger partial charge in [-0.25, -0.2) is 4.79 Å². The minimum atomic E-state index is -0.938. The Labute approximate surface area is 123 Å². The molecule has 0 saturated carbocycles. The molecule has 0 spiro atoms. The number of carbonyl (C=O) groups excluding carboxylic acids is 1. The van der Waals surface area contributed by atoms with Crippen molar-refractivity contribution in [2.24, 2.45) is 5.92 Å². The molecule has 2 atom stereocenters. The zero-order valence-electron chi connectivity index (χ0n) is 12.0. The summed E-state index contributed by atoms with van der Waals surface area (Å²) in [7, 11) is 0. The molecule has 2 aliphatic heterocycles. The molecule has 0 aromatic heterocycles. The van der Waals surface area contributed by atoms with Gasteiger partial charge in [-0.05, 0) is 42.9 Å². The molecule has 1 saturated heterocycles. The summed E-state index contributed by atoms with van der Waals surface area (Å²) in [6.07, 6.45) is 1.98. The average molecular weight is 289 g/mol. The van der Waals surface area contributed by atoms with E-state index in [1.54, 1.807) is 17.0 Å². The summed E-state index contributed by atoms with van der Waals surface area (Å²) in [5.41, 5.74) is 1.79. The summed E-state index contributed by atoms with van der Waals surface area (Å²) >= 11 is 0. The lowest BCUT2D eigenvalue weighted by atomic mass is 9.94. The van der Waals surface area contributed by atoms with Crippen LogP contribution < -0.4 is 4.90 Å². The molecule has 5 nitrogen and oxygen atoms in total. The number of ether oxygens (including phenoxy) is 1. The first kappa shape index (κ1) is 14.1. The van der Waals surface area contributed by atoms with Crippen LogP contribution in [0.2, 0.25) is 0 Å². The number of carbonyl (C=O) groups is 2. The fraction of sp³-hybridized carbons (Fsp3) is 0.500. The van der Waals surface area contributed by atoms with Crippen LogP contribution in [0.4, 0.5) is 5.69 Å². The van der Waals surface area contributed by atoms with Crippen LogP contribution in [0.3, 0.4) is 0 Å². The van der Waals surface area contributed by atoms with E-state index in [9.17, 15) is 14.7 Å². The zero-order chi connectivity index (χ0) is 15.0. The molecule has 3 rings (SSSR count). The number of nitrogens with zero attached hydrogens (tertiary/aromatic N) is 1. The highest BCUT2D eigenvalue weighted by Crippen LogP contribution is 2.32. The number of hydrogen-bond donors (Lipinski definition) is 1. The Balaban J connectivity index is 1.95. The fourth-order valence-electron chi connectivity index (χ4n) is 3.22. The lowest BCUT2D eigenvalue weighted by Crippen LogP contribution is -2.44. The van der Waals surface area contributed by atoms with Gasteiger partial charge in [0.2, 0.25) is 0 Å². The Morgan fingerprint density at radius 3 is 2.86 bits per heavy atom. The van der Waals surface area contributed by atoms with E-state index in [2.05, 4.69) is 0 Å². The van der Waals surface area contributed by atoms with Gasteiger partial charge in [0.15, 0.2) is 0 Å². The van der Waals surface area contributed by atoms with E-state index in [4.69, 9.17) is 4.74 Å². The molecular weight excluding hydrogens is 270 g/mol. The fourth-order valence-corrected chi connectivity index (χ4v) is 3.22. The Bertz CT molecular complexity index is 584. The van der Waals surface area contributed by atoms with Crippen LogP contribution in [0.15, 0.2) is 18.2 Å². The highest BCUT2D eigenvalue weighted by atomic mass is 16.5. The van der Waals surface area contributed by atoms with Crippen molar-refractivity contribution in [1.82, 2.24) is 0 Å². The van der Waals surface area contributed by atoms with Gasteiger partial charge in [-0.1, -0.05) is 13.0 Å². The number of fused-ring (bicyclic) bond motifs is 1. The number of carboxylic acids is 1. The highest BCUT2D eigenvalue weighted by molar-refractivity contribution is 6.00. The van der Waals surface area contributed by atoms with Gasteiger partial charge in [0, 0.05) is 18.8 Å². The maximum Gasteiger partial charge on any atom is 0.336 e. The molecule has 1 aromatic rings. The van der Waals surface area contributed by atoms with Gasteiger partial charge in [-0.3, -0.25) is 4.79 Å². The molecule has 0 aliphatic carbocycles. The molecule has 2 aliphatic rings. The van der Waals surface area contributed by atoms with Crippen LogP contribution in [0.1, 0.15) is 35.7 Å². The monoisotopic (exact) mass is 289 g/mol. The van der Waals surface area contributed by atoms with E-state index in [-0.39, 0.29) is 11.8 Å². The Morgan fingerprint density at radius 1 is 1.38 bits per heavy atom. The molecule has 112 valence electrons. The van der Waals surface area contributed by atoms with Crippen molar-refractivity contribution >= 4 is 17.6 Å². The number of aromatic carboxylic acids is 1. The molecular formula is C16H19NO4. The van der Waals surface area contributed by atoms with Crippen molar-refractivity contribution in [3.8, 4) is 0 Å². The molecule has 21 heavy (non-hydrogen) atoms. The molecule has 1 aromatic carbocycles. The second-order valence-electron chi connectivity index (χ2n) is 5.76. The Morgan fingerprint density at radius 2 is 2.19 bits per heavy atom. The first-order chi connectivity index (χ1) is 10.1. The van der Waals surface area contributed by atoms with Crippen LogP contribution in [0.25, 0.3) is 0 Å². The van der Waals surface area contributed by atoms with Crippen LogP contribution in [0, 0.1) is 5.92 Å². The van der Waals surface area contributed by atoms with E-state index in [1.807, 2.05) is 13.0 Å². The number of rotatable bonds is 2. The van der Waals surface area contributed by atoms with Crippen LogP contribution in [0.5, 0.6) is 0 Å². The van der Waals surface area contributed by atoms with E-state index >= 15 is 0 Å². The lowest BCUT2D eigenvalue weighted by Gasteiger charge is -2.32. The molecule has 0 radical (unpaired) electrons. The standard InChI is InChI=1S/C16H19NO4/c1-10-7-9-21-14(10)15(18)17-8-3-5-11-12(16(19)20)4-2-6-13(11)17/h2,4,6,10,14H,3,5,7-9H2,1H3,(H,19,20). The maximum atomic E-state index is 12.7. The molecule has 1 amide bonds. The van der Waals surface area contributed by atoms with Crippen molar-refractivity contribution in [1.29, 1.82) is 0 Å². The van der Waals surface area contributed by atoms with Gasteiger partial charge in [0.1, 0.15) is 6.10 Å². The van der Waals surface area contributed by atoms with Crippen LogP contribution in [-0.2, 0) is 16.0 Å². The third-order valence-corrected chi connectivity index (χ3v) is 4.38. The smallest absolute Gasteiger partial charge is 0.336 e. The predicted molar refractivity (Wildman–Crippen MR) is 77.6 cm³/mol. The minimum Gasteiger partial charge on any atom is -0.478 e. The number of hydrogen-bond acceptors (Lipinski definition) is 3. The Hall–Kier alpha value is -1.88. The molecule has 2 unspecified atom stereocenters. The summed E-state index contributed by atoms with van der Waals surface area (Å²) in [5.74, 6) is -0.763. The SMILES string of the molecule is CC1CCOC1C(=O)N1CCCc2c(C(=O)O)cccc21. The van der Waals surface area contributed by atoms with Gasteiger partial charge in [0.25, 0.3) is 5.91 Å². The van der Waals surface area contributed by atoms with E-state index in [1.165, 1.54) is 0 Å². The van der Waals surface area contributed by atoms with Crippen molar-refractivity contribution in [2.45, 2.75) is 32.3 Å².